The molecule has 4 aromatic rings. The molecule has 1 fully saturated rings. The minimum Gasteiger partial charge on any atom is -0.361 e. The number of nitrogens with one attached hydrogen (secondary N) is 2. The molecule has 4 heterocycles. The lowest BCUT2D eigenvalue weighted by molar-refractivity contribution is 0.144. The quantitative estimate of drug-likeness (QED) is 0.492. The van der Waals surface area contributed by atoms with Crippen LogP contribution < -0.4 is 5.32 Å². The highest BCUT2D eigenvalue weighted by Gasteiger charge is 2.22. The Hall–Kier alpha value is -2.48. The van der Waals surface area contributed by atoms with Gasteiger partial charge in [-0.3, -0.25) is 9.47 Å². The summed E-state index contributed by atoms with van der Waals surface area (Å²) in [4.78, 5) is 7.55. The lowest BCUT2D eigenvalue weighted by Crippen LogP contribution is -2.50. The summed E-state index contributed by atoms with van der Waals surface area (Å²) in [6, 6.07) is 11.5. The normalized spacial score (nSPS) is 17.9. The zero-order valence-electron chi connectivity index (χ0n) is 16.4. The fourth-order valence-corrected chi connectivity index (χ4v) is 5.02. The number of hydrogen-bond acceptors (Lipinski definition) is 5. The van der Waals surface area contributed by atoms with Crippen molar-refractivity contribution in [2.24, 2.45) is 0 Å². The highest BCUT2D eigenvalue weighted by molar-refractivity contribution is 7.09. The third kappa shape index (κ3) is 4.12. The van der Waals surface area contributed by atoms with Crippen LogP contribution in [-0.4, -0.2) is 50.3 Å². The first-order chi connectivity index (χ1) is 14.4. The molecule has 1 atom stereocenters. The van der Waals surface area contributed by atoms with Crippen LogP contribution in [0.2, 0.25) is 0 Å². The molecule has 0 aliphatic carbocycles. The van der Waals surface area contributed by atoms with E-state index in [4.69, 9.17) is 0 Å². The van der Waals surface area contributed by atoms with Gasteiger partial charge in [-0.25, -0.2) is 0 Å². The maximum absolute atomic E-state index is 3.92. The molecule has 6 nitrogen and oxygen atoms in total. The van der Waals surface area contributed by atoms with E-state index in [1.165, 1.54) is 34.2 Å². The number of rotatable bonds is 7. The van der Waals surface area contributed by atoms with Crippen LogP contribution >= 0.6 is 11.3 Å². The van der Waals surface area contributed by atoms with Crippen LogP contribution in [0.5, 0.6) is 0 Å². The Morgan fingerprint density at radius 2 is 2.10 bits per heavy atom. The number of aryl methyl sites for hydroxylation is 1. The minimum atomic E-state index is 0.614. The zero-order valence-corrected chi connectivity index (χ0v) is 17.2. The summed E-state index contributed by atoms with van der Waals surface area (Å²) in [6.45, 7) is 4.41. The number of piperazine rings is 1. The van der Waals surface area contributed by atoms with Gasteiger partial charge in [-0.1, -0.05) is 6.07 Å². The molecule has 0 spiro atoms. The van der Waals surface area contributed by atoms with E-state index in [9.17, 15) is 0 Å². The van der Waals surface area contributed by atoms with Crippen molar-refractivity contribution < 1.29 is 0 Å². The Bertz CT molecular complexity index is 1040. The number of fused-ring (bicyclic) bond motifs is 1. The Morgan fingerprint density at radius 3 is 2.97 bits per heavy atom. The third-order valence-electron chi connectivity index (χ3n) is 5.86. The molecule has 29 heavy (non-hydrogen) atoms. The van der Waals surface area contributed by atoms with Crippen molar-refractivity contribution >= 4 is 22.2 Å². The summed E-state index contributed by atoms with van der Waals surface area (Å²) < 4.78 is 1.95. The van der Waals surface area contributed by atoms with Crippen molar-refractivity contribution in [1.29, 1.82) is 0 Å². The van der Waals surface area contributed by atoms with Gasteiger partial charge < -0.3 is 10.3 Å². The number of hydrogen-bond donors (Lipinski definition) is 2. The van der Waals surface area contributed by atoms with Crippen molar-refractivity contribution in [2.75, 3.05) is 19.6 Å². The van der Waals surface area contributed by atoms with Gasteiger partial charge in [-0.15, -0.1) is 21.5 Å². The Balaban J connectivity index is 1.25. The van der Waals surface area contributed by atoms with E-state index >= 15 is 0 Å². The molecule has 1 aromatic carbocycles. The number of aromatic nitrogens is 4. The first-order valence-electron chi connectivity index (χ1n) is 10.3. The van der Waals surface area contributed by atoms with Gasteiger partial charge in [0.2, 0.25) is 0 Å². The van der Waals surface area contributed by atoms with Crippen molar-refractivity contribution in [2.45, 2.75) is 31.8 Å². The van der Waals surface area contributed by atoms with Crippen molar-refractivity contribution in [3.63, 3.8) is 0 Å². The molecule has 0 saturated carbocycles. The second-order valence-corrected chi connectivity index (χ2v) is 8.75. The predicted molar refractivity (Wildman–Crippen MR) is 118 cm³/mol. The first kappa shape index (κ1) is 18.5. The maximum atomic E-state index is 3.92. The molecule has 0 amide bonds. The molecule has 1 aliphatic heterocycles. The highest BCUT2D eigenvalue weighted by Crippen LogP contribution is 2.24. The Labute approximate surface area is 174 Å². The molecule has 1 aliphatic rings. The molecule has 150 valence electrons. The van der Waals surface area contributed by atoms with E-state index in [1.54, 1.807) is 12.7 Å². The van der Waals surface area contributed by atoms with Crippen LogP contribution in [-0.2, 0) is 13.0 Å². The minimum absolute atomic E-state index is 0.614. The van der Waals surface area contributed by atoms with E-state index in [0.717, 1.165) is 38.3 Å². The third-order valence-corrected chi connectivity index (χ3v) is 6.72. The molecule has 3 aromatic heterocycles. The van der Waals surface area contributed by atoms with Gasteiger partial charge in [-0.2, -0.15) is 0 Å². The number of H-pyrrole nitrogens is 1. The molecule has 7 heteroatoms. The molecular weight excluding hydrogens is 380 g/mol. The topological polar surface area (TPSA) is 61.8 Å². The van der Waals surface area contributed by atoms with E-state index in [-0.39, 0.29) is 0 Å². The lowest BCUT2D eigenvalue weighted by atomic mass is 10.0. The highest BCUT2D eigenvalue weighted by atomic mass is 32.1. The monoisotopic (exact) mass is 406 g/mol. The van der Waals surface area contributed by atoms with Gasteiger partial charge in [0.25, 0.3) is 0 Å². The molecule has 1 saturated heterocycles. The molecule has 5 rings (SSSR count). The van der Waals surface area contributed by atoms with Gasteiger partial charge in [-0.05, 0) is 54.5 Å². The average molecular weight is 407 g/mol. The zero-order chi connectivity index (χ0) is 19.5. The average Bonchev–Trinajstić information content (AvgIpc) is 3.51. The molecule has 2 N–H and O–H groups in total. The molecular formula is C22H26N6S. The second kappa shape index (κ2) is 8.49. The molecule has 0 bridgehead atoms. The van der Waals surface area contributed by atoms with Crippen LogP contribution in [0.15, 0.2) is 54.6 Å². The van der Waals surface area contributed by atoms with E-state index in [1.807, 2.05) is 15.9 Å². The van der Waals surface area contributed by atoms with Crippen molar-refractivity contribution in [1.82, 2.24) is 30.0 Å². The summed E-state index contributed by atoms with van der Waals surface area (Å²) in [5, 5.41) is 14.9. The van der Waals surface area contributed by atoms with Crippen molar-refractivity contribution in [3.8, 4) is 5.69 Å². The maximum Gasteiger partial charge on any atom is 0.123 e. The fourth-order valence-electron chi connectivity index (χ4n) is 4.29. The molecule has 1 unspecified atom stereocenters. The van der Waals surface area contributed by atoms with Gasteiger partial charge >= 0.3 is 0 Å². The van der Waals surface area contributed by atoms with E-state index in [0.29, 0.717) is 6.04 Å². The standard InChI is InChI=1S/C22H26N6S/c1(4-19-13-23-8-9-27(19)14-20-5-2-10-29-20)3-17-12-24-22-7-6-18(11-21(17)22)28-15-25-26-16-28/h2,5-7,10-12,15-16,19,23-24H,1,3-4,8-9,13-14H2. The number of benzene rings is 1. The van der Waals surface area contributed by atoms with Crippen LogP contribution in [0.4, 0.5) is 0 Å². The van der Waals surface area contributed by atoms with Gasteiger partial charge in [0.05, 0.1) is 0 Å². The van der Waals surface area contributed by atoms with E-state index in [2.05, 4.69) is 67.3 Å². The Kier molecular flexibility index (Phi) is 5.43. The Morgan fingerprint density at radius 1 is 1.17 bits per heavy atom. The smallest absolute Gasteiger partial charge is 0.123 e. The summed E-state index contributed by atoms with van der Waals surface area (Å²) in [5.41, 5.74) is 3.68. The number of nitrogens with zero attached hydrogens (tertiary/aromatic N) is 4. The second-order valence-electron chi connectivity index (χ2n) is 7.71. The first-order valence-corrected chi connectivity index (χ1v) is 11.2. The largest absolute Gasteiger partial charge is 0.361 e. The lowest BCUT2D eigenvalue weighted by Gasteiger charge is -2.36. The van der Waals surface area contributed by atoms with Gasteiger partial charge in [0.15, 0.2) is 0 Å². The number of aromatic amines is 1. The summed E-state index contributed by atoms with van der Waals surface area (Å²) in [6.07, 6.45) is 9.16. The SMILES string of the molecule is c1csc(CN2CCNCC2CCCc2c[nH]c3ccc(-n4cnnc4)cc23)c1. The van der Waals surface area contributed by atoms with Gasteiger partial charge in [0, 0.05) is 59.9 Å². The number of thiophene rings is 1. The van der Waals surface area contributed by atoms with Crippen LogP contribution in [0.1, 0.15) is 23.3 Å². The fraction of sp³-hybridized carbons (Fsp3) is 0.364. The van der Waals surface area contributed by atoms with Crippen LogP contribution in [0.3, 0.4) is 0 Å². The molecule has 0 radical (unpaired) electrons. The predicted octanol–water partition coefficient (Wildman–Crippen LogP) is 3.61. The van der Waals surface area contributed by atoms with E-state index < -0.39 is 0 Å². The van der Waals surface area contributed by atoms with Crippen molar-refractivity contribution in [3.05, 3.63) is 65.0 Å². The summed E-state index contributed by atoms with van der Waals surface area (Å²) >= 11 is 1.86. The van der Waals surface area contributed by atoms with Crippen LogP contribution in [0.25, 0.3) is 16.6 Å². The summed E-state index contributed by atoms with van der Waals surface area (Å²) in [5.74, 6) is 0. The van der Waals surface area contributed by atoms with Crippen LogP contribution in [0, 0.1) is 0 Å². The summed E-state index contributed by atoms with van der Waals surface area (Å²) in [7, 11) is 0. The van der Waals surface area contributed by atoms with Gasteiger partial charge in [0.1, 0.15) is 12.7 Å².